The number of carboxylic acid groups (broad SMARTS) is 1. The lowest BCUT2D eigenvalue weighted by Gasteiger charge is -2.32. The van der Waals surface area contributed by atoms with Crippen LogP contribution >= 0.6 is 0 Å². The molecule has 1 aromatic carbocycles. The van der Waals surface area contributed by atoms with Crippen LogP contribution in [0.4, 0.5) is 5.69 Å². The summed E-state index contributed by atoms with van der Waals surface area (Å²) in [7, 11) is 0. The van der Waals surface area contributed by atoms with E-state index < -0.39 is 54.8 Å². The number of aliphatic carboxylic acids is 1. The summed E-state index contributed by atoms with van der Waals surface area (Å²) < 4.78 is 16.6. The summed E-state index contributed by atoms with van der Waals surface area (Å²) in [6.07, 6.45) is -3.37. The average Bonchev–Trinajstić information content (AvgIpc) is 2.99. The van der Waals surface area contributed by atoms with Gasteiger partial charge in [-0.25, -0.2) is 0 Å². The zero-order chi connectivity index (χ0) is 34.7. The van der Waals surface area contributed by atoms with E-state index in [9.17, 15) is 29.1 Å². The third-order valence-corrected chi connectivity index (χ3v) is 5.88. The van der Waals surface area contributed by atoms with Gasteiger partial charge in [-0.3, -0.25) is 24.0 Å². The molecule has 1 saturated heterocycles. The third kappa shape index (κ3) is 16.2. The molecule has 0 bridgehead atoms. The molecule has 6 N–H and O–H groups in total. The molecule has 0 spiro atoms. The number of aliphatic hydroxyl groups is 1. The van der Waals surface area contributed by atoms with Gasteiger partial charge < -0.3 is 45.7 Å². The minimum atomic E-state index is -1.24. The second-order valence-corrected chi connectivity index (χ2v) is 10.3. The first-order chi connectivity index (χ1) is 21.2. The lowest BCUT2D eigenvalue weighted by molar-refractivity contribution is -0.184. The molecule has 0 radical (unpaired) electrons. The first kappa shape index (κ1) is 41.2. The van der Waals surface area contributed by atoms with Gasteiger partial charge in [0.15, 0.2) is 0 Å². The number of nitrogens with one attached hydrogen (secondary N) is 4. The van der Waals surface area contributed by atoms with Crippen molar-refractivity contribution in [3.8, 4) is 5.75 Å². The number of carbonyl (C=O) groups is 5. The van der Waals surface area contributed by atoms with Crippen molar-refractivity contribution in [2.24, 2.45) is 5.92 Å². The van der Waals surface area contributed by atoms with Crippen LogP contribution in [0.25, 0.3) is 0 Å². The Balaban J connectivity index is 0.00000464. The topological polar surface area (TPSA) is 202 Å². The Labute approximate surface area is 265 Å². The molecule has 0 aliphatic carbocycles. The normalized spacial score (nSPS) is 17.8. The monoisotopic (exact) mass is 640 g/mol. The zero-order valence-electron chi connectivity index (χ0n) is 27.9. The minimum Gasteiger partial charge on any atom is -0.480 e. The lowest BCUT2D eigenvalue weighted by atomic mass is 10.0. The van der Waals surface area contributed by atoms with Crippen LogP contribution in [-0.4, -0.2) is 83.5 Å². The number of esters is 1. The fourth-order valence-corrected chi connectivity index (χ4v) is 3.97. The predicted octanol–water partition coefficient (Wildman–Crippen LogP) is 2.33. The van der Waals surface area contributed by atoms with Crippen molar-refractivity contribution in [2.75, 3.05) is 18.4 Å². The number of carboxylic acids is 1. The second-order valence-electron chi connectivity index (χ2n) is 10.3. The van der Waals surface area contributed by atoms with Gasteiger partial charge in [-0.1, -0.05) is 61.5 Å². The van der Waals surface area contributed by atoms with Crippen LogP contribution in [0.1, 0.15) is 80.7 Å². The van der Waals surface area contributed by atoms with Crippen LogP contribution < -0.4 is 26.0 Å². The Hall–Kier alpha value is -3.75. The Kier molecular flexibility index (Phi) is 20.0. The van der Waals surface area contributed by atoms with E-state index in [0.717, 1.165) is 0 Å². The van der Waals surface area contributed by atoms with Crippen LogP contribution in [0, 0.1) is 5.92 Å². The highest BCUT2D eigenvalue weighted by atomic mass is 16.7. The van der Waals surface area contributed by atoms with Crippen LogP contribution in [0.2, 0.25) is 0 Å². The van der Waals surface area contributed by atoms with Crippen molar-refractivity contribution in [2.45, 2.75) is 112 Å². The number of anilines is 1. The van der Waals surface area contributed by atoms with Crippen LogP contribution in [0.3, 0.4) is 0 Å². The molecule has 1 aliphatic rings. The summed E-state index contributed by atoms with van der Waals surface area (Å²) >= 11 is 0. The van der Waals surface area contributed by atoms with Crippen molar-refractivity contribution in [1.29, 1.82) is 0 Å². The van der Waals surface area contributed by atoms with E-state index in [1.165, 1.54) is 19.1 Å². The minimum absolute atomic E-state index is 0.00823. The van der Waals surface area contributed by atoms with Crippen molar-refractivity contribution >= 4 is 35.3 Å². The Morgan fingerprint density at radius 3 is 2.18 bits per heavy atom. The maximum absolute atomic E-state index is 12.8. The quantitative estimate of drug-likeness (QED) is 0.163. The van der Waals surface area contributed by atoms with Crippen LogP contribution in [0.5, 0.6) is 5.75 Å². The summed E-state index contributed by atoms with van der Waals surface area (Å²) in [5.41, 5.74) is 0.722. The molecule has 4 atom stereocenters. The summed E-state index contributed by atoms with van der Waals surface area (Å²) in [6.45, 7) is 15.9. The molecule has 14 heteroatoms. The zero-order valence-corrected chi connectivity index (χ0v) is 27.9. The Bertz CT molecular complexity index is 1100. The van der Waals surface area contributed by atoms with Crippen LogP contribution in [0.15, 0.2) is 18.2 Å². The van der Waals surface area contributed by atoms with Gasteiger partial charge in [0.2, 0.25) is 24.0 Å². The number of ether oxygens (including phenoxy) is 3. The number of hydrogen-bond donors (Lipinski definition) is 6. The van der Waals surface area contributed by atoms with Crippen molar-refractivity contribution < 1.29 is 48.4 Å². The number of hydrogen-bond acceptors (Lipinski definition) is 10. The molecule has 1 heterocycles. The fourth-order valence-electron chi connectivity index (χ4n) is 3.97. The number of carbonyl (C=O) groups excluding carboxylic acids is 4. The third-order valence-electron chi connectivity index (χ3n) is 5.88. The second kappa shape index (κ2) is 21.9. The molecular formula is C31H52N4O10. The molecule has 45 heavy (non-hydrogen) atoms. The van der Waals surface area contributed by atoms with Gasteiger partial charge in [0.25, 0.3) is 0 Å². The molecular weight excluding hydrogens is 588 g/mol. The standard InChI is InChI=1S/C27H40N4O10.2C2H6/c1-14(2)25(30-15(3)4)27(38)28-11-22(34)31-19-7-6-17(13-39-16(5)32)8-20(19)40-24-10-18(33)9-21(41-24)26(37)29-12-23(35)36;2*1-2/h6-8,14-15,18,21,24-25,30,33H,9-13H2,1-5H3,(H,28,38)(H,29,37)(H,31,34)(H,35,36);2*1-2H3. The highest BCUT2D eigenvalue weighted by Crippen LogP contribution is 2.31. The molecule has 0 saturated carbocycles. The van der Waals surface area contributed by atoms with Crippen molar-refractivity contribution in [3.05, 3.63) is 23.8 Å². The lowest BCUT2D eigenvalue weighted by Crippen LogP contribution is -2.51. The summed E-state index contributed by atoms with van der Waals surface area (Å²) in [5.74, 6) is -3.24. The Morgan fingerprint density at radius 2 is 1.62 bits per heavy atom. The largest absolute Gasteiger partial charge is 0.480 e. The molecule has 0 aromatic heterocycles. The number of rotatable bonds is 14. The molecule has 2 rings (SSSR count). The van der Waals surface area contributed by atoms with Gasteiger partial charge in [-0.05, 0) is 23.6 Å². The Morgan fingerprint density at radius 1 is 0.978 bits per heavy atom. The van der Waals surface area contributed by atoms with Crippen molar-refractivity contribution in [1.82, 2.24) is 16.0 Å². The molecule has 256 valence electrons. The van der Waals surface area contributed by atoms with E-state index in [1.807, 2.05) is 55.4 Å². The van der Waals surface area contributed by atoms with E-state index in [0.29, 0.717) is 5.56 Å². The van der Waals surface area contributed by atoms with Crippen LogP contribution in [-0.2, 0) is 40.1 Å². The van der Waals surface area contributed by atoms with E-state index >= 15 is 0 Å². The molecule has 1 aromatic rings. The van der Waals surface area contributed by atoms with Gasteiger partial charge in [-0.2, -0.15) is 0 Å². The maximum atomic E-state index is 12.8. The number of aliphatic hydroxyl groups excluding tert-OH is 1. The predicted molar refractivity (Wildman–Crippen MR) is 168 cm³/mol. The van der Waals surface area contributed by atoms with Gasteiger partial charge in [0, 0.05) is 25.8 Å². The average molecular weight is 641 g/mol. The van der Waals surface area contributed by atoms with Gasteiger partial charge in [-0.15, -0.1) is 0 Å². The molecule has 14 nitrogen and oxygen atoms in total. The van der Waals surface area contributed by atoms with Gasteiger partial charge >= 0.3 is 11.9 Å². The molecule has 4 unspecified atom stereocenters. The van der Waals surface area contributed by atoms with Gasteiger partial charge in [0.1, 0.15) is 25.0 Å². The maximum Gasteiger partial charge on any atom is 0.322 e. The number of benzene rings is 1. The molecule has 1 fully saturated rings. The molecule has 1 aliphatic heterocycles. The summed E-state index contributed by atoms with van der Waals surface area (Å²) in [5, 5.41) is 29.8. The van der Waals surface area contributed by atoms with Gasteiger partial charge in [0.05, 0.1) is 24.4 Å². The smallest absolute Gasteiger partial charge is 0.322 e. The van der Waals surface area contributed by atoms with E-state index in [2.05, 4.69) is 21.3 Å². The SMILES string of the molecule is CC.CC.CC(=O)OCc1ccc(NC(=O)CNC(=O)C(NC(C)C)C(C)C)c(OC2CC(O)CC(C(=O)NCC(=O)O)O2)c1. The first-order valence-electron chi connectivity index (χ1n) is 15.3. The fraction of sp³-hybridized carbons (Fsp3) is 0.645. The summed E-state index contributed by atoms with van der Waals surface area (Å²) in [6, 6.07) is 4.20. The molecule has 3 amide bonds. The van der Waals surface area contributed by atoms with Crippen molar-refractivity contribution in [3.63, 3.8) is 0 Å². The highest BCUT2D eigenvalue weighted by molar-refractivity contribution is 5.96. The van der Waals surface area contributed by atoms with E-state index in [-0.39, 0.29) is 55.3 Å². The van der Waals surface area contributed by atoms with E-state index in [1.54, 1.807) is 6.07 Å². The number of amides is 3. The summed E-state index contributed by atoms with van der Waals surface area (Å²) in [4.78, 5) is 59.8. The highest BCUT2D eigenvalue weighted by Gasteiger charge is 2.34. The van der Waals surface area contributed by atoms with E-state index in [4.69, 9.17) is 19.3 Å². The first-order valence-corrected chi connectivity index (χ1v) is 15.3.